The van der Waals surface area contributed by atoms with Gasteiger partial charge in [-0.05, 0) is 61.5 Å². The zero-order valence-electron chi connectivity index (χ0n) is 23.3. The van der Waals surface area contributed by atoms with Crippen molar-refractivity contribution in [3.05, 3.63) is 78.5 Å². The molecule has 2 heterocycles. The molecule has 0 N–H and O–H groups in total. The standard InChI is InChI=1S/C31H34N4O5/c1-5-40-29-9-7-6-8-27(29)33-16-18-34(19-17-33)31(36)28-21-26(25-15-14-24(38-3)20-30(25)39-4)32-35(28)22-10-12-23(37-2)13-11-22/h6-15,20-21H,5,16-19H2,1-4H3. The summed E-state index contributed by atoms with van der Waals surface area (Å²) >= 11 is 0. The molecular weight excluding hydrogens is 508 g/mol. The topological polar surface area (TPSA) is 78.3 Å². The summed E-state index contributed by atoms with van der Waals surface area (Å²) in [6.07, 6.45) is 0. The van der Waals surface area contributed by atoms with Gasteiger partial charge in [-0.3, -0.25) is 4.79 Å². The lowest BCUT2D eigenvalue weighted by molar-refractivity contribution is 0.0737. The highest BCUT2D eigenvalue weighted by atomic mass is 16.5. The number of amides is 1. The van der Waals surface area contributed by atoms with Crippen molar-refractivity contribution in [3.63, 3.8) is 0 Å². The number of carbonyl (C=O) groups excluding carboxylic acids is 1. The molecule has 1 fully saturated rings. The fourth-order valence-electron chi connectivity index (χ4n) is 4.90. The number of ether oxygens (including phenoxy) is 4. The minimum Gasteiger partial charge on any atom is -0.497 e. The van der Waals surface area contributed by atoms with Gasteiger partial charge in [-0.1, -0.05) is 12.1 Å². The maximum Gasteiger partial charge on any atom is 0.272 e. The third-order valence-corrected chi connectivity index (χ3v) is 7.00. The van der Waals surface area contributed by atoms with Crippen LogP contribution < -0.4 is 23.8 Å². The number of aromatic nitrogens is 2. The number of anilines is 1. The lowest BCUT2D eigenvalue weighted by atomic mass is 10.1. The SMILES string of the molecule is CCOc1ccccc1N1CCN(C(=O)c2cc(-c3ccc(OC)cc3OC)nn2-c2ccc(OC)cc2)CC1. The first-order valence-corrected chi connectivity index (χ1v) is 13.3. The number of rotatable bonds is 9. The highest BCUT2D eigenvalue weighted by Gasteiger charge is 2.28. The van der Waals surface area contributed by atoms with Crippen LogP contribution in [0.2, 0.25) is 0 Å². The average Bonchev–Trinajstić information content (AvgIpc) is 3.46. The van der Waals surface area contributed by atoms with Crippen LogP contribution in [0, 0.1) is 0 Å². The van der Waals surface area contributed by atoms with E-state index in [1.165, 1.54) is 0 Å². The molecule has 9 heteroatoms. The van der Waals surface area contributed by atoms with Gasteiger partial charge in [0.25, 0.3) is 5.91 Å². The average molecular weight is 543 g/mol. The van der Waals surface area contributed by atoms with Crippen LogP contribution in [0.25, 0.3) is 16.9 Å². The zero-order valence-corrected chi connectivity index (χ0v) is 23.3. The maximum atomic E-state index is 14.0. The van der Waals surface area contributed by atoms with E-state index in [1.54, 1.807) is 26.0 Å². The Bertz CT molecular complexity index is 1460. The van der Waals surface area contributed by atoms with E-state index in [9.17, 15) is 4.79 Å². The predicted molar refractivity (Wildman–Crippen MR) is 154 cm³/mol. The second-order valence-corrected chi connectivity index (χ2v) is 9.27. The molecule has 1 aromatic heterocycles. The molecule has 1 aliphatic heterocycles. The maximum absolute atomic E-state index is 14.0. The minimum atomic E-state index is -0.0835. The summed E-state index contributed by atoms with van der Waals surface area (Å²) in [6.45, 7) is 5.14. The van der Waals surface area contributed by atoms with E-state index in [2.05, 4.69) is 11.0 Å². The van der Waals surface area contributed by atoms with Gasteiger partial charge in [0.05, 0.1) is 45.0 Å². The van der Waals surface area contributed by atoms with Crippen LogP contribution in [0.4, 0.5) is 5.69 Å². The van der Waals surface area contributed by atoms with Gasteiger partial charge in [-0.2, -0.15) is 5.10 Å². The molecule has 0 saturated carbocycles. The summed E-state index contributed by atoms with van der Waals surface area (Å²) in [5, 5.41) is 4.86. The Morgan fingerprint density at radius 1 is 0.800 bits per heavy atom. The number of piperazine rings is 1. The zero-order chi connectivity index (χ0) is 28.1. The summed E-state index contributed by atoms with van der Waals surface area (Å²) in [4.78, 5) is 18.1. The van der Waals surface area contributed by atoms with Gasteiger partial charge in [0.15, 0.2) is 0 Å². The van der Waals surface area contributed by atoms with Gasteiger partial charge >= 0.3 is 0 Å². The number of hydrogen-bond acceptors (Lipinski definition) is 7. The van der Waals surface area contributed by atoms with Gasteiger partial charge in [0, 0.05) is 37.8 Å². The molecule has 5 rings (SSSR count). The Balaban J connectivity index is 1.45. The Hall–Kier alpha value is -4.66. The molecule has 0 aliphatic carbocycles. The van der Waals surface area contributed by atoms with E-state index in [4.69, 9.17) is 24.0 Å². The van der Waals surface area contributed by atoms with E-state index < -0.39 is 0 Å². The van der Waals surface area contributed by atoms with Gasteiger partial charge < -0.3 is 28.7 Å². The Kier molecular flexibility index (Phi) is 8.10. The van der Waals surface area contributed by atoms with Crippen LogP contribution >= 0.6 is 0 Å². The smallest absolute Gasteiger partial charge is 0.272 e. The summed E-state index contributed by atoms with van der Waals surface area (Å²) in [5.74, 6) is 2.79. The second-order valence-electron chi connectivity index (χ2n) is 9.27. The van der Waals surface area contributed by atoms with Crippen LogP contribution in [0.15, 0.2) is 72.8 Å². The number of nitrogens with zero attached hydrogens (tertiary/aromatic N) is 4. The Morgan fingerprint density at radius 2 is 1.50 bits per heavy atom. The van der Waals surface area contributed by atoms with Gasteiger partial charge in [0.1, 0.15) is 28.7 Å². The second kappa shape index (κ2) is 12.0. The van der Waals surface area contributed by atoms with Crippen LogP contribution in [0.1, 0.15) is 17.4 Å². The lowest BCUT2D eigenvalue weighted by Crippen LogP contribution is -2.49. The molecule has 0 spiro atoms. The molecular formula is C31H34N4O5. The third-order valence-electron chi connectivity index (χ3n) is 7.00. The summed E-state index contributed by atoms with van der Waals surface area (Å²) in [7, 11) is 4.84. The van der Waals surface area contributed by atoms with E-state index >= 15 is 0 Å². The van der Waals surface area contributed by atoms with Crippen molar-refractivity contribution >= 4 is 11.6 Å². The minimum absolute atomic E-state index is 0.0835. The van der Waals surface area contributed by atoms with Crippen LogP contribution in [-0.4, -0.2) is 74.7 Å². The summed E-state index contributed by atoms with van der Waals surface area (Å²) in [6, 6.07) is 22.9. The third kappa shape index (κ3) is 5.40. The van der Waals surface area contributed by atoms with E-state index in [1.807, 2.05) is 78.6 Å². The Morgan fingerprint density at radius 3 is 2.17 bits per heavy atom. The van der Waals surface area contributed by atoms with Crippen molar-refractivity contribution in [2.24, 2.45) is 0 Å². The monoisotopic (exact) mass is 542 g/mol. The molecule has 0 unspecified atom stereocenters. The van der Waals surface area contributed by atoms with E-state index in [-0.39, 0.29) is 5.91 Å². The highest BCUT2D eigenvalue weighted by molar-refractivity contribution is 5.95. The first-order chi connectivity index (χ1) is 19.6. The molecule has 1 saturated heterocycles. The number of hydrogen-bond donors (Lipinski definition) is 0. The van der Waals surface area contributed by atoms with Crippen molar-refractivity contribution in [1.82, 2.24) is 14.7 Å². The molecule has 9 nitrogen and oxygen atoms in total. The summed E-state index contributed by atoms with van der Waals surface area (Å²) in [5.41, 5.74) is 3.67. The molecule has 4 aromatic rings. The van der Waals surface area contributed by atoms with Crippen molar-refractivity contribution in [1.29, 1.82) is 0 Å². The van der Waals surface area contributed by atoms with Gasteiger partial charge in [0.2, 0.25) is 0 Å². The van der Waals surface area contributed by atoms with Crippen molar-refractivity contribution in [2.75, 3.05) is 59.0 Å². The van der Waals surface area contributed by atoms with Crippen molar-refractivity contribution in [2.45, 2.75) is 6.92 Å². The van der Waals surface area contributed by atoms with Crippen molar-refractivity contribution in [3.8, 4) is 39.9 Å². The molecule has 1 amide bonds. The molecule has 208 valence electrons. The molecule has 3 aromatic carbocycles. The largest absolute Gasteiger partial charge is 0.497 e. The van der Waals surface area contributed by atoms with Gasteiger partial charge in [-0.15, -0.1) is 0 Å². The van der Waals surface area contributed by atoms with E-state index in [0.717, 1.165) is 28.4 Å². The van der Waals surface area contributed by atoms with Crippen molar-refractivity contribution < 1.29 is 23.7 Å². The number of benzene rings is 3. The molecule has 1 aliphatic rings. The first-order valence-electron chi connectivity index (χ1n) is 13.3. The molecule has 40 heavy (non-hydrogen) atoms. The quantitative estimate of drug-likeness (QED) is 0.297. The lowest BCUT2D eigenvalue weighted by Gasteiger charge is -2.36. The van der Waals surface area contributed by atoms with Crippen LogP contribution in [-0.2, 0) is 0 Å². The van der Waals surface area contributed by atoms with Crippen LogP contribution in [0.3, 0.4) is 0 Å². The fraction of sp³-hybridized carbons (Fsp3) is 0.290. The summed E-state index contributed by atoms with van der Waals surface area (Å²) < 4.78 is 23.8. The normalized spacial score (nSPS) is 13.2. The molecule has 0 radical (unpaired) electrons. The first kappa shape index (κ1) is 26.9. The number of para-hydroxylation sites is 2. The van der Waals surface area contributed by atoms with Gasteiger partial charge in [-0.25, -0.2) is 4.68 Å². The number of carbonyl (C=O) groups is 1. The molecule has 0 atom stereocenters. The molecule has 0 bridgehead atoms. The fourth-order valence-corrected chi connectivity index (χ4v) is 4.90. The Labute approximate surface area is 234 Å². The predicted octanol–water partition coefficient (Wildman–Crippen LogP) is 4.93. The highest BCUT2D eigenvalue weighted by Crippen LogP contribution is 2.34. The number of methoxy groups -OCH3 is 3. The van der Waals surface area contributed by atoms with E-state index in [0.29, 0.717) is 55.7 Å². The van der Waals surface area contributed by atoms with Crippen LogP contribution in [0.5, 0.6) is 23.0 Å².